The maximum Gasteiger partial charge on any atom is 0.324 e. The molecule has 1 atom stereocenters. The number of aromatic nitrogens is 1. The second-order valence-corrected chi connectivity index (χ2v) is 6.08. The lowest BCUT2D eigenvalue weighted by Gasteiger charge is -2.36. The molecule has 0 aliphatic carbocycles. The number of hydrogen-bond acceptors (Lipinski definition) is 4. The first-order valence-corrected chi connectivity index (χ1v) is 8.38. The van der Waals surface area contributed by atoms with Crippen molar-refractivity contribution in [3.05, 3.63) is 41.7 Å². The molecule has 23 heavy (non-hydrogen) atoms. The summed E-state index contributed by atoms with van der Waals surface area (Å²) in [5.41, 5.74) is 2.32. The molecule has 0 unspecified atom stereocenters. The molecule has 1 aromatic heterocycles. The van der Waals surface area contributed by atoms with Crippen molar-refractivity contribution in [3.8, 4) is 0 Å². The molecule has 0 spiro atoms. The van der Waals surface area contributed by atoms with E-state index < -0.39 is 12.0 Å². The number of aliphatic carboxylic acids is 1. The maximum atomic E-state index is 11.5. The largest absolute Gasteiger partial charge is 0.480 e. The minimum atomic E-state index is -0.758. The molecule has 1 fully saturated rings. The van der Waals surface area contributed by atoms with Gasteiger partial charge in [-0.3, -0.25) is 19.6 Å². The lowest BCUT2D eigenvalue weighted by Crippen LogP contribution is -2.51. The summed E-state index contributed by atoms with van der Waals surface area (Å²) >= 11 is 0. The summed E-state index contributed by atoms with van der Waals surface area (Å²) < 4.78 is 0. The number of nitrogens with zero attached hydrogens (tertiary/aromatic N) is 3. The van der Waals surface area contributed by atoms with E-state index in [4.69, 9.17) is 0 Å². The van der Waals surface area contributed by atoms with Crippen molar-refractivity contribution >= 4 is 5.97 Å². The number of aryl methyl sites for hydroxylation is 1. The highest BCUT2D eigenvalue weighted by Gasteiger charge is 2.26. The van der Waals surface area contributed by atoms with Gasteiger partial charge in [0.15, 0.2) is 0 Å². The van der Waals surface area contributed by atoms with Gasteiger partial charge >= 0.3 is 5.97 Å². The van der Waals surface area contributed by atoms with E-state index in [-0.39, 0.29) is 0 Å². The van der Waals surface area contributed by atoms with Crippen molar-refractivity contribution in [1.82, 2.24) is 14.8 Å². The Morgan fingerprint density at radius 2 is 2.13 bits per heavy atom. The van der Waals surface area contributed by atoms with Crippen molar-refractivity contribution in [1.29, 1.82) is 0 Å². The summed E-state index contributed by atoms with van der Waals surface area (Å²) in [4.78, 5) is 20.3. The Balaban J connectivity index is 1.89. The first kappa shape index (κ1) is 17.6. The van der Waals surface area contributed by atoms with Gasteiger partial charge in [0.1, 0.15) is 6.04 Å². The van der Waals surface area contributed by atoms with Gasteiger partial charge in [0.2, 0.25) is 0 Å². The minimum Gasteiger partial charge on any atom is -0.480 e. The van der Waals surface area contributed by atoms with Gasteiger partial charge in [0, 0.05) is 38.9 Å². The fraction of sp³-hybridized carbons (Fsp3) is 0.556. The van der Waals surface area contributed by atoms with Crippen molar-refractivity contribution < 1.29 is 9.90 Å². The Labute approximate surface area is 138 Å². The van der Waals surface area contributed by atoms with Crippen molar-refractivity contribution in [3.63, 3.8) is 0 Å². The minimum absolute atomic E-state index is 0.500. The van der Waals surface area contributed by atoms with Crippen LogP contribution in [0.4, 0.5) is 0 Å². The van der Waals surface area contributed by atoms with E-state index in [2.05, 4.69) is 34.7 Å². The molecule has 0 amide bonds. The third-order valence-electron chi connectivity index (χ3n) is 4.32. The van der Waals surface area contributed by atoms with E-state index in [1.165, 1.54) is 5.56 Å². The van der Waals surface area contributed by atoms with E-state index in [1.807, 2.05) is 24.4 Å². The second kappa shape index (κ2) is 8.79. The average molecular weight is 317 g/mol. The van der Waals surface area contributed by atoms with Crippen molar-refractivity contribution in [2.24, 2.45) is 0 Å². The van der Waals surface area contributed by atoms with Crippen LogP contribution in [0.25, 0.3) is 0 Å². The van der Waals surface area contributed by atoms with Crippen LogP contribution in [0.2, 0.25) is 0 Å². The summed E-state index contributed by atoms with van der Waals surface area (Å²) in [6.07, 6.45) is 7.63. The highest BCUT2D eigenvalue weighted by Crippen LogP contribution is 2.13. The number of unbranched alkanes of at least 4 members (excludes halogenated alkanes) is 1. The second-order valence-electron chi connectivity index (χ2n) is 6.08. The lowest BCUT2D eigenvalue weighted by atomic mass is 10.1. The van der Waals surface area contributed by atoms with E-state index >= 15 is 0 Å². The highest BCUT2D eigenvalue weighted by molar-refractivity contribution is 5.75. The monoisotopic (exact) mass is 317 g/mol. The molecule has 1 N–H and O–H groups in total. The first-order chi connectivity index (χ1) is 11.1. The SMILES string of the molecule is CCC/C=C/[C@@H](C(=O)O)N1CCN(Cc2ncccc2C)CC1. The molecule has 1 aromatic rings. The third kappa shape index (κ3) is 5.15. The molecule has 2 heterocycles. The molecule has 1 aliphatic rings. The Hall–Kier alpha value is -1.72. The Morgan fingerprint density at radius 3 is 2.74 bits per heavy atom. The van der Waals surface area contributed by atoms with Crippen LogP contribution in [-0.4, -0.2) is 58.1 Å². The van der Waals surface area contributed by atoms with Gasteiger partial charge in [-0.25, -0.2) is 0 Å². The van der Waals surface area contributed by atoms with Crippen LogP contribution in [-0.2, 0) is 11.3 Å². The Bertz CT molecular complexity index is 537. The zero-order chi connectivity index (χ0) is 16.7. The molecule has 5 heteroatoms. The van der Waals surface area contributed by atoms with Gasteiger partial charge in [-0.1, -0.05) is 31.6 Å². The summed E-state index contributed by atoms with van der Waals surface area (Å²) in [6.45, 7) is 8.32. The Kier molecular flexibility index (Phi) is 6.74. The molecule has 0 bridgehead atoms. The number of allylic oxidation sites excluding steroid dienone is 1. The summed E-state index contributed by atoms with van der Waals surface area (Å²) in [6, 6.07) is 3.54. The summed E-state index contributed by atoms with van der Waals surface area (Å²) in [5.74, 6) is -0.758. The van der Waals surface area contributed by atoms with Gasteiger partial charge in [0.05, 0.1) is 5.69 Å². The predicted octanol–water partition coefficient (Wildman–Crippen LogP) is 2.32. The van der Waals surface area contributed by atoms with Crippen LogP contribution in [0.1, 0.15) is 31.0 Å². The number of carbonyl (C=O) groups is 1. The van der Waals surface area contributed by atoms with Crippen LogP contribution < -0.4 is 0 Å². The fourth-order valence-electron chi connectivity index (χ4n) is 2.85. The molecular formula is C18H27N3O2. The zero-order valence-electron chi connectivity index (χ0n) is 14.1. The van der Waals surface area contributed by atoms with Gasteiger partial charge in [0.25, 0.3) is 0 Å². The van der Waals surface area contributed by atoms with Crippen LogP contribution in [0.15, 0.2) is 30.5 Å². The van der Waals surface area contributed by atoms with Crippen molar-refractivity contribution in [2.75, 3.05) is 26.2 Å². The number of pyridine rings is 1. The number of carboxylic acids is 1. The van der Waals surface area contributed by atoms with Crippen LogP contribution in [0.3, 0.4) is 0 Å². The van der Waals surface area contributed by atoms with Crippen LogP contribution in [0, 0.1) is 6.92 Å². The normalized spacial score (nSPS) is 18.3. The summed E-state index contributed by atoms with van der Waals surface area (Å²) in [5, 5.41) is 9.45. The molecule has 0 radical (unpaired) electrons. The number of carboxylic acid groups (broad SMARTS) is 1. The van der Waals surface area contributed by atoms with Crippen LogP contribution >= 0.6 is 0 Å². The lowest BCUT2D eigenvalue weighted by molar-refractivity contribution is -0.142. The van der Waals surface area contributed by atoms with E-state index in [0.717, 1.165) is 51.3 Å². The molecule has 1 saturated heterocycles. The molecule has 2 rings (SSSR count). The smallest absolute Gasteiger partial charge is 0.324 e. The van der Waals surface area contributed by atoms with Gasteiger partial charge in [-0.15, -0.1) is 0 Å². The van der Waals surface area contributed by atoms with E-state index in [0.29, 0.717) is 0 Å². The molecule has 126 valence electrons. The van der Waals surface area contributed by atoms with E-state index in [9.17, 15) is 9.90 Å². The topological polar surface area (TPSA) is 56.7 Å². The van der Waals surface area contributed by atoms with Gasteiger partial charge in [-0.05, 0) is 25.0 Å². The van der Waals surface area contributed by atoms with Crippen molar-refractivity contribution in [2.45, 2.75) is 39.3 Å². The molecule has 5 nitrogen and oxygen atoms in total. The molecule has 0 aromatic carbocycles. The molecular weight excluding hydrogens is 290 g/mol. The van der Waals surface area contributed by atoms with Gasteiger partial charge < -0.3 is 5.11 Å². The summed E-state index contributed by atoms with van der Waals surface area (Å²) in [7, 11) is 0. The number of rotatable bonds is 7. The van der Waals surface area contributed by atoms with Gasteiger partial charge in [-0.2, -0.15) is 0 Å². The molecule has 1 aliphatic heterocycles. The van der Waals surface area contributed by atoms with E-state index in [1.54, 1.807) is 0 Å². The predicted molar refractivity (Wildman–Crippen MR) is 91.3 cm³/mol. The first-order valence-electron chi connectivity index (χ1n) is 8.38. The number of piperazine rings is 1. The molecule has 0 saturated carbocycles. The zero-order valence-corrected chi connectivity index (χ0v) is 14.1. The maximum absolute atomic E-state index is 11.5. The third-order valence-corrected chi connectivity index (χ3v) is 4.32. The fourth-order valence-corrected chi connectivity index (χ4v) is 2.85. The average Bonchev–Trinajstić information content (AvgIpc) is 2.54. The Morgan fingerprint density at radius 1 is 1.39 bits per heavy atom. The highest BCUT2D eigenvalue weighted by atomic mass is 16.4. The standard InChI is InChI=1S/C18H27N3O2/c1-3-4-5-8-17(18(22)23)21-12-10-20(11-13-21)14-16-15(2)7-6-9-19-16/h5-9,17H,3-4,10-14H2,1-2H3,(H,22,23)/b8-5+/t17-/m0/s1. The number of hydrogen-bond donors (Lipinski definition) is 1. The van der Waals surface area contributed by atoms with Crippen LogP contribution in [0.5, 0.6) is 0 Å². The quantitative estimate of drug-likeness (QED) is 0.782.